The van der Waals surface area contributed by atoms with Gasteiger partial charge in [-0.05, 0) is 26.7 Å². The zero-order valence-electron chi connectivity index (χ0n) is 11.6. The zero-order chi connectivity index (χ0) is 15.1. The molecule has 1 aliphatic carbocycles. The van der Waals surface area contributed by atoms with Crippen LogP contribution in [0, 0.1) is 5.92 Å². The molecule has 114 valence electrons. The minimum Gasteiger partial charge on any atom is -0.339 e. The molecule has 0 radical (unpaired) electrons. The zero-order valence-corrected chi connectivity index (χ0v) is 11.6. The Bertz CT molecular complexity index is 405. The molecule has 0 bridgehead atoms. The predicted molar refractivity (Wildman–Crippen MR) is 65.7 cm³/mol. The second-order valence-corrected chi connectivity index (χ2v) is 5.85. The van der Waals surface area contributed by atoms with E-state index in [0.717, 1.165) is 17.7 Å². The maximum atomic E-state index is 12.5. The van der Waals surface area contributed by atoms with E-state index in [2.05, 4.69) is 0 Å². The van der Waals surface area contributed by atoms with E-state index in [1.165, 1.54) is 0 Å². The summed E-state index contributed by atoms with van der Waals surface area (Å²) in [7, 11) is 0. The topological polar surface area (TPSA) is 40.6 Å². The minimum absolute atomic E-state index is 0.0381. The first-order chi connectivity index (χ1) is 9.19. The van der Waals surface area contributed by atoms with Crippen LogP contribution in [-0.2, 0) is 9.59 Å². The number of nitrogens with zero attached hydrogens (tertiary/aromatic N) is 2. The molecule has 2 fully saturated rings. The number of carbonyl (C=O) groups excluding carboxylic acids is 2. The van der Waals surface area contributed by atoms with Crippen molar-refractivity contribution in [3.8, 4) is 0 Å². The van der Waals surface area contributed by atoms with Crippen LogP contribution in [0.4, 0.5) is 13.2 Å². The van der Waals surface area contributed by atoms with Crippen LogP contribution in [0.2, 0.25) is 0 Å². The monoisotopic (exact) mass is 292 g/mol. The molecule has 1 saturated carbocycles. The smallest absolute Gasteiger partial charge is 0.339 e. The van der Waals surface area contributed by atoms with Crippen LogP contribution in [0.3, 0.4) is 0 Å². The van der Waals surface area contributed by atoms with Gasteiger partial charge in [0.1, 0.15) is 6.54 Å². The fourth-order valence-corrected chi connectivity index (χ4v) is 2.58. The highest BCUT2D eigenvalue weighted by Gasteiger charge is 2.44. The lowest BCUT2D eigenvalue weighted by atomic mass is 10.1. The molecule has 0 aromatic carbocycles. The number of carbonyl (C=O) groups is 2. The molecule has 0 aromatic heterocycles. The van der Waals surface area contributed by atoms with Crippen LogP contribution in [-0.4, -0.2) is 53.0 Å². The molecule has 20 heavy (non-hydrogen) atoms. The first-order valence-electron chi connectivity index (χ1n) is 6.85. The molecule has 0 aromatic rings. The molecule has 1 aliphatic heterocycles. The molecule has 0 unspecified atom stereocenters. The molecule has 2 aliphatic rings. The van der Waals surface area contributed by atoms with Crippen molar-refractivity contribution in [1.82, 2.24) is 9.80 Å². The van der Waals surface area contributed by atoms with Gasteiger partial charge in [-0.3, -0.25) is 9.59 Å². The van der Waals surface area contributed by atoms with Crippen LogP contribution in [0.1, 0.15) is 33.1 Å². The van der Waals surface area contributed by atoms with Crippen molar-refractivity contribution in [2.75, 3.05) is 13.1 Å². The summed E-state index contributed by atoms with van der Waals surface area (Å²) in [6.07, 6.45) is -2.51. The van der Waals surface area contributed by atoms with Crippen molar-refractivity contribution in [2.45, 2.75) is 51.4 Å². The summed E-state index contributed by atoms with van der Waals surface area (Å²) in [6.45, 7) is 2.12. The molecule has 2 amide bonds. The average Bonchev–Trinajstić information content (AvgIpc) is 3.07. The summed E-state index contributed by atoms with van der Waals surface area (Å²) >= 11 is 0. The summed E-state index contributed by atoms with van der Waals surface area (Å²) in [4.78, 5) is 26.5. The van der Waals surface area contributed by atoms with E-state index in [4.69, 9.17) is 0 Å². The maximum Gasteiger partial charge on any atom is 0.406 e. The molecule has 1 heterocycles. The first kappa shape index (κ1) is 15.1. The number of hydrogen-bond donors (Lipinski definition) is 0. The van der Waals surface area contributed by atoms with Gasteiger partial charge >= 0.3 is 6.18 Å². The Morgan fingerprint density at radius 1 is 1.40 bits per heavy atom. The Kier molecular flexibility index (Phi) is 3.97. The van der Waals surface area contributed by atoms with Gasteiger partial charge in [0.2, 0.25) is 11.8 Å². The highest BCUT2D eigenvalue weighted by atomic mass is 19.4. The summed E-state index contributed by atoms with van der Waals surface area (Å²) in [6, 6.07) is -0.329. The molecule has 0 N–H and O–H groups in total. The van der Waals surface area contributed by atoms with Crippen molar-refractivity contribution in [1.29, 1.82) is 0 Å². The molecule has 2 rings (SSSR count). The van der Waals surface area contributed by atoms with Crippen LogP contribution < -0.4 is 0 Å². The van der Waals surface area contributed by atoms with Crippen molar-refractivity contribution in [2.24, 2.45) is 5.92 Å². The number of rotatable bonds is 4. The van der Waals surface area contributed by atoms with Crippen molar-refractivity contribution in [3.05, 3.63) is 0 Å². The highest BCUT2D eigenvalue weighted by molar-refractivity contribution is 5.89. The van der Waals surface area contributed by atoms with Gasteiger partial charge in [0, 0.05) is 25.0 Å². The van der Waals surface area contributed by atoms with E-state index in [-0.39, 0.29) is 24.9 Å². The summed E-state index contributed by atoms with van der Waals surface area (Å²) in [5.74, 6) is -1.30. The Labute approximate surface area is 115 Å². The van der Waals surface area contributed by atoms with Crippen molar-refractivity contribution >= 4 is 11.8 Å². The van der Waals surface area contributed by atoms with Crippen LogP contribution in [0.25, 0.3) is 0 Å². The van der Waals surface area contributed by atoms with E-state index in [1.54, 1.807) is 18.7 Å². The van der Waals surface area contributed by atoms with Crippen LogP contribution in [0.15, 0.2) is 0 Å². The Balaban J connectivity index is 2.02. The fourth-order valence-electron chi connectivity index (χ4n) is 2.58. The average molecular weight is 292 g/mol. The van der Waals surface area contributed by atoms with Gasteiger partial charge < -0.3 is 9.80 Å². The summed E-state index contributed by atoms with van der Waals surface area (Å²) in [5.41, 5.74) is 0. The number of amides is 2. The first-order valence-corrected chi connectivity index (χ1v) is 6.85. The Hall–Kier alpha value is -1.27. The van der Waals surface area contributed by atoms with Gasteiger partial charge in [0.05, 0.1) is 5.92 Å². The second-order valence-electron chi connectivity index (χ2n) is 5.85. The maximum absolute atomic E-state index is 12.5. The highest BCUT2D eigenvalue weighted by Crippen LogP contribution is 2.33. The SMILES string of the molecule is CC(C)N(CC(F)(F)F)C(=O)[C@H]1CC(=O)N(C2CC2)C1. The van der Waals surface area contributed by atoms with Crippen molar-refractivity contribution < 1.29 is 22.8 Å². The van der Waals surface area contributed by atoms with Crippen LogP contribution >= 0.6 is 0 Å². The lowest BCUT2D eigenvalue weighted by molar-refractivity contribution is -0.167. The molecule has 7 heteroatoms. The van der Waals surface area contributed by atoms with Crippen LogP contribution in [0.5, 0.6) is 0 Å². The minimum atomic E-state index is -4.42. The van der Waals surface area contributed by atoms with Crippen molar-refractivity contribution in [3.63, 3.8) is 0 Å². The fraction of sp³-hybridized carbons (Fsp3) is 0.846. The molecular formula is C13H19F3N2O2. The third kappa shape index (κ3) is 3.43. The number of likely N-dealkylation sites (tertiary alicyclic amines) is 1. The molecule has 4 nitrogen and oxygen atoms in total. The summed E-state index contributed by atoms with van der Waals surface area (Å²) in [5, 5.41) is 0. The Morgan fingerprint density at radius 3 is 2.45 bits per heavy atom. The quantitative estimate of drug-likeness (QED) is 0.792. The molecular weight excluding hydrogens is 273 g/mol. The summed E-state index contributed by atoms with van der Waals surface area (Å²) < 4.78 is 37.6. The lowest BCUT2D eigenvalue weighted by Crippen LogP contribution is -2.46. The largest absolute Gasteiger partial charge is 0.406 e. The standard InChI is InChI=1S/C13H19F3N2O2/c1-8(2)18(7-13(14,15)16)12(20)9-5-11(19)17(6-9)10-3-4-10/h8-10H,3-7H2,1-2H3/t9-/m0/s1. The van der Waals surface area contributed by atoms with E-state index in [1.807, 2.05) is 0 Å². The Morgan fingerprint density at radius 2 is 2.00 bits per heavy atom. The van der Waals surface area contributed by atoms with E-state index >= 15 is 0 Å². The van der Waals surface area contributed by atoms with Gasteiger partial charge in [-0.1, -0.05) is 0 Å². The second kappa shape index (κ2) is 5.26. The van der Waals surface area contributed by atoms with E-state index in [9.17, 15) is 22.8 Å². The third-order valence-corrected chi connectivity index (χ3v) is 3.75. The van der Waals surface area contributed by atoms with Gasteiger partial charge in [-0.2, -0.15) is 13.2 Å². The number of hydrogen-bond acceptors (Lipinski definition) is 2. The predicted octanol–water partition coefficient (Wildman–Crippen LogP) is 1.80. The van der Waals surface area contributed by atoms with Gasteiger partial charge in [0.25, 0.3) is 0 Å². The van der Waals surface area contributed by atoms with E-state index < -0.39 is 30.6 Å². The third-order valence-electron chi connectivity index (χ3n) is 3.75. The number of alkyl halides is 3. The van der Waals surface area contributed by atoms with Gasteiger partial charge in [0.15, 0.2) is 0 Å². The van der Waals surface area contributed by atoms with Gasteiger partial charge in [-0.25, -0.2) is 0 Å². The van der Waals surface area contributed by atoms with Gasteiger partial charge in [-0.15, -0.1) is 0 Å². The molecule has 0 spiro atoms. The van der Waals surface area contributed by atoms with E-state index in [0.29, 0.717) is 0 Å². The molecule has 1 saturated heterocycles. The molecule has 1 atom stereocenters. The normalized spacial score (nSPS) is 23.6. The lowest BCUT2D eigenvalue weighted by Gasteiger charge is -2.30. The number of halogens is 3.